The molecule has 0 aliphatic heterocycles. The van der Waals surface area contributed by atoms with Gasteiger partial charge in [-0.3, -0.25) is 0 Å². The van der Waals surface area contributed by atoms with Crippen molar-refractivity contribution in [2.75, 3.05) is 12.3 Å². The normalized spacial score (nSPS) is 12.4. The van der Waals surface area contributed by atoms with Gasteiger partial charge in [-0.2, -0.15) is 0 Å². The highest BCUT2D eigenvalue weighted by Crippen LogP contribution is 2.28. The van der Waals surface area contributed by atoms with Crippen LogP contribution in [0.5, 0.6) is 5.75 Å². The molecule has 0 bridgehead atoms. The Hall–Kier alpha value is -2.00. The fourth-order valence-corrected chi connectivity index (χ4v) is 2.14. The highest BCUT2D eigenvalue weighted by molar-refractivity contribution is 5.52. The van der Waals surface area contributed by atoms with Gasteiger partial charge in [0.1, 0.15) is 5.75 Å². The Morgan fingerprint density at radius 1 is 1.10 bits per heavy atom. The van der Waals surface area contributed by atoms with E-state index in [2.05, 4.69) is 13.8 Å². The summed E-state index contributed by atoms with van der Waals surface area (Å²) < 4.78 is 5.70. The molecule has 0 saturated carbocycles. The lowest BCUT2D eigenvalue weighted by atomic mass is 10.00. The van der Waals surface area contributed by atoms with Crippen LogP contribution in [0.2, 0.25) is 0 Å². The van der Waals surface area contributed by atoms with Crippen LogP contribution in [0, 0.1) is 5.92 Å². The lowest BCUT2D eigenvalue weighted by Crippen LogP contribution is -2.08. The molecule has 112 valence electrons. The van der Waals surface area contributed by atoms with Gasteiger partial charge in [0.25, 0.3) is 0 Å². The Morgan fingerprint density at radius 3 is 2.48 bits per heavy atom. The van der Waals surface area contributed by atoms with Gasteiger partial charge in [-0.05, 0) is 29.7 Å². The summed E-state index contributed by atoms with van der Waals surface area (Å²) in [6, 6.07) is 15.4. The van der Waals surface area contributed by atoms with Crippen molar-refractivity contribution in [1.29, 1.82) is 0 Å². The number of rotatable bonds is 6. The van der Waals surface area contributed by atoms with E-state index in [0.717, 1.165) is 16.9 Å². The highest BCUT2D eigenvalue weighted by atomic mass is 16.5. The van der Waals surface area contributed by atoms with Gasteiger partial charge in [0.2, 0.25) is 0 Å². The van der Waals surface area contributed by atoms with E-state index in [1.54, 1.807) is 6.07 Å². The number of ether oxygens (including phenoxy) is 1. The van der Waals surface area contributed by atoms with Gasteiger partial charge in [0.15, 0.2) is 0 Å². The summed E-state index contributed by atoms with van der Waals surface area (Å²) in [7, 11) is 0. The van der Waals surface area contributed by atoms with Gasteiger partial charge in [-0.15, -0.1) is 0 Å². The van der Waals surface area contributed by atoms with Gasteiger partial charge in [0, 0.05) is 17.7 Å². The predicted octanol–water partition coefficient (Wildman–Crippen LogP) is 3.58. The molecular weight excluding hydrogens is 262 g/mol. The Morgan fingerprint density at radius 2 is 1.81 bits per heavy atom. The van der Waals surface area contributed by atoms with E-state index < -0.39 is 6.10 Å². The van der Waals surface area contributed by atoms with Crippen LogP contribution in [0.25, 0.3) is 0 Å². The third-order valence-corrected chi connectivity index (χ3v) is 3.27. The van der Waals surface area contributed by atoms with Gasteiger partial charge in [-0.1, -0.05) is 44.2 Å². The number of nitrogens with two attached hydrogens (primary N) is 1. The van der Waals surface area contributed by atoms with Crippen LogP contribution in [0.3, 0.4) is 0 Å². The van der Waals surface area contributed by atoms with Crippen LogP contribution in [0.15, 0.2) is 48.5 Å². The molecule has 0 aromatic heterocycles. The average Bonchev–Trinajstić information content (AvgIpc) is 2.47. The first-order chi connectivity index (χ1) is 10.1. The molecule has 0 radical (unpaired) electrons. The second-order valence-corrected chi connectivity index (χ2v) is 5.70. The highest BCUT2D eigenvalue weighted by Gasteiger charge is 2.13. The van der Waals surface area contributed by atoms with E-state index in [1.165, 1.54) is 0 Å². The topological polar surface area (TPSA) is 55.5 Å². The van der Waals surface area contributed by atoms with Crippen LogP contribution in [-0.4, -0.2) is 11.7 Å². The van der Waals surface area contributed by atoms with E-state index >= 15 is 0 Å². The van der Waals surface area contributed by atoms with Crippen molar-refractivity contribution in [3.05, 3.63) is 59.7 Å². The second-order valence-electron chi connectivity index (χ2n) is 5.70. The van der Waals surface area contributed by atoms with Gasteiger partial charge in [-0.25, -0.2) is 0 Å². The molecule has 0 heterocycles. The minimum atomic E-state index is -0.630. The molecule has 0 fully saturated rings. The van der Waals surface area contributed by atoms with Crippen LogP contribution < -0.4 is 10.5 Å². The molecule has 3 nitrogen and oxygen atoms in total. The maximum atomic E-state index is 10.4. The first-order valence-electron chi connectivity index (χ1n) is 7.30. The molecule has 0 amide bonds. The molecule has 2 aromatic carbocycles. The van der Waals surface area contributed by atoms with Crippen molar-refractivity contribution in [3.8, 4) is 5.75 Å². The molecule has 3 heteroatoms. The van der Waals surface area contributed by atoms with Gasteiger partial charge >= 0.3 is 0 Å². The molecule has 1 unspecified atom stereocenters. The van der Waals surface area contributed by atoms with Crippen molar-refractivity contribution < 1.29 is 9.84 Å². The summed E-state index contributed by atoms with van der Waals surface area (Å²) in [5.74, 6) is 1.21. The zero-order valence-electron chi connectivity index (χ0n) is 12.6. The van der Waals surface area contributed by atoms with Crippen molar-refractivity contribution in [2.45, 2.75) is 26.4 Å². The number of benzene rings is 2. The third kappa shape index (κ3) is 4.50. The Balaban J connectivity index is 2.12. The quantitative estimate of drug-likeness (QED) is 0.798. The van der Waals surface area contributed by atoms with Crippen molar-refractivity contribution in [1.82, 2.24) is 0 Å². The van der Waals surface area contributed by atoms with Crippen LogP contribution in [0.1, 0.15) is 31.1 Å². The summed E-state index contributed by atoms with van der Waals surface area (Å²) >= 11 is 0. The number of aliphatic hydroxyl groups is 1. The fourth-order valence-electron chi connectivity index (χ4n) is 2.14. The molecule has 21 heavy (non-hydrogen) atoms. The van der Waals surface area contributed by atoms with E-state index in [-0.39, 0.29) is 0 Å². The molecule has 2 rings (SSSR count). The SMILES string of the molecule is CC(C)COc1ccc(N)c(C(O)Cc2ccccc2)c1. The molecule has 3 N–H and O–H groups in total. The summed E-state index contributed by atoms with van der Waals surface area (Å²) in [5, 5.41) is 10.4. The first kappa shape index (κ1) is 15.4. The molecular formula is C18H23NO2. The van der Waals surface area contributed by atoms with Crippen LogP contribution in [-0.2, 0) is 6.42 Å². The van der Waals surface area contributed by atoms with E-state index in [0.29, 0.717) is 24.6 Å². The van der Waals surface area contributed by atoms with Crippen molar-refractivity contribution in [3.63, 3.8) is 0 Å². The third-order valence-electron chi connectivity index (χ3n) is 3.27. The largest absolute Gasteiger partial charge is 0.493 e. The number of hydrogen-bond acceptors (Lipinski definition) is 3. The Kier molecular flexibility index (Phi) is 5.23. The standard InChI is InChI=1S/C18H23NO2/c1-13(2)12-21-15-8-9-17(19)16(11-15)18(20)10-14-6-4-3-5-7-14/h3-9,11,13,18,20H,10,12,19H2,1-2H3. The first-order valence-corrected chi connectivity index (χ1v) is 7.30. The summed E-state index contributed by atoms with van der Waals surface area (Å²) in [6.45, 7) is 4.85. The number of hydrogen-bond donors (Lipinski definition) is 2. The second kappa shape index (κ2) is 7.14. The number of anilines is 1. The Labute approximate surface area is 126 Å². The van der Waals surface area contributed by atoms with E-state index in [9.17, 15) is 5.11 Å². The zero-order valence-corrected chi connectivity index (χ0v) is 12.6. The van der Waals surface area contributed by atoms with Crippen LogP contribution in [0.4, 0.5) is 5.69 Å². The maximum absolute atomic E-state index is 10.4. The molecule has 2 aromatic rings. The predicted molar refractivity (Wildman–Crippen MR) is 86.3 cm³/mol. The minimum absolute atomic E-state index is 0.459. The Bertz CT molecular complexity index is 567. The molecule has 0 aliphatic rings. The van der Waals surface area contributed by atoms with Crippen molar-refractivity contribution >= 4 is 5.69 Å². The van der Waals surface area contributed by atoms with Crippen LogP contribution >= 0.6 is 0 Å². The number of aliphatic hydroxyl groups excluding tert-OH is 1. The fraction of sp³-hybridized carbons (Fsp3) is 0.333. The monoisotopic (exact) mass is 285 g/mol. The summed E-state index contributed by atoms with van der Waals surface area (Å²) in [6.07, 6.45) is -0.0893. The van der Waals surface area contributed by atoms with E-state index in [4.69, 9.17) is 10.5 Å². The smallest absolute Gasteiger partial charge is 0.119 e. The molecule has 0 aliphatic carbocycles. The minimum Gasteiger partial charge on any atom is -0.493 e. The van der Waals surface area contributed by atoms with E-state index in [1.807, 2.05) is 42.5 Å². The van der Waals surface area contributed by atoms with Crippen molar-refractivity contribution in [2.24, 2.45) is 5.92 Å². The molecule has 1 atom stereocenters. The lowest BCUT2D eigenvalue weighted by Gasteiger charge is -2.16. The number of nitrogen functional groups attached to an aromatic ring is 1. The lowest BCUT2D eigenvalue weighted by molar-refractivity contribution is 0.178. The average molecular weight is 285 g/mol. The molecule has 0 saturated heterocycles. The van der Waals surface area contributed by atoms with Gasteiger partial charge in [0.05, 0.1) is 12.7 Å². The zero-order chi connectivity index (χ0) is 15.2. The molecule has 0 spiro atoms. The summed E-state index contributed by atoms with van der Waals surface area (Å²) in [4.78, 5) is 0. The maximum Gasteiger partial charge on any atom is 0.119 e. The van der Waals surface area contributed by atoms with Gasteiger partial charge < -0.3 is 15.6 Å². The summed E-state index contributed by atoms with van der Waals surface area (Å²) in [5.41, 5.74) is 8.38.